The van der Waals surface area contributed by atoms with Crippen LogP contribution < -0.4 is 0 Å². The molecule has 0 atom stereocenters. The summed E-state index contributed by atoms with van der Waals surface area (Å²) in [6, 6.07) is 15.1. The van der Waals surface area contributed by atoms with Crippen molar-refractivity contribution in [2.24, 2.45) is 0 Å². The Morgan fingerprint density at radius 3 is 2.65 bits per heavy atom. The van der Waals surface area contributed by atoms with Gasteiger partial charge in [-0.1, -0.05) is 30.3 Å². The van der Waals surface area contributed by atoms with Crippen molar-refractivity contribution in [2.45, 2.75) is 19.8 Å². The number of ether oxygens (including phenoxy) is 1. The number of esters is 1. The number of rotatable bonds is 5. The van der Waals surface area contributed by atoms with Gasteiger partial charge in [-0.2, -0.15) is 0 Å². The van der Waals surface area contributed by atoms with Crippen LogP contribution in [0, 0.1) is 0 Å². The Morgan fingerprint density at radius 1 is 1.13 bits per heavy atom. The van der Waals surface area contributed by atoms with E-state index in [2.05, 4.69) is 17.1 Å². The maximum atomic E-state index is 12.3. The van der Waals surface area contributed by atoms with Crippen molar-refractivity contribution in [2.75, 3.05) is 6.61 Å². The number of phenols is 1. The minimum Gasteiger partial charge on any atom is -0.508 e. The smallest absolute Gasteiger partial charge is 0.340 e. The predicted octanol–water partition coefficient (Wildman–Crippen LogP) is 3.84. The molecule has 0 fully saturated rings. The Kier molecular flexibility index (Phi) is 4.33. The number of phenolic OH excluding ortho intramolecular Hbond substituents is 1. The van der Waals surface area contributed by atoms with E-state index < -0.39 is 0 Å². The molecular formula is C19H19NO3. The third-order valence-electron chi connectivity index (χ3n) is 3.85. The highest BCUT2D eigenvalue weighted by atomic mass is 16.5. The van der Waals surface area contributed by atoms with E-state index in [1.54, 1.807) is 25.1 Å². The minimum atomic E-state index is -0.354. The number of aromatic amines is 1. The van der Waals surface area contributed by atoms with Crippen molar-refractivity contribution in [3.63, 3.8) is 0 Å². The molecular weight excluding hydrogens is 290 g/mol. The quantitative estimate of drug-likeness (QED) is 0.704. The van der Waals surface area contributed by atoms with Crippen molar-refractivity contribution in [3.05, 3.63) is 65.4 Å². The summed E-state index contributed by atoms with van der Waals surface area (Å²) >= 11 is 0. The Morgan fingerprint density at radius 2 is 1.91 bits per heavy atom. The zero-order valence-corrected chi connectivity index (χ0v) is 13.0. The lowest BCUT2D eigenvalue weighted by molar-refractivity contribution is 0.0527. The summed E-state index contributed by atoms with van der Waals surface area (Å²) in [6.07, 6.45) is 1.53. The lowest BCUT2D eigenvalue weighted by atomic mass is 10.0. The monoisotopic (exact) mass is 309 g/mol. The fraction of sp³-hybridized carbons (Fsp3) is 0.211. The number of aromatic nitrogens is 1. The summed E-state index contributed by atoms with van der Waals surface area (Å²) in [5.74, 6) is -0.218. The number of benzene rings is 2. The lowest BCUT2D eigenvalue weighted by Crippen LogP contribution is -2.07. The summed E-state index contributed by atoms with van der Waals surface area (Å²) in [5, 5.41) is 10.4. The highest BCUT2D eigenvalue weighted by Gasteiger charge is 2.19. The average Bonchev–Trinajstić information content (AvgIpc) is 2.91. The zero-order valence-electron chi connectivity index (χ0n) is 13.0. The molecule has 4 heteroatoms. The van der Waals surface area contributed by atoms with Gasteiger partial charge in [-0.05, 0) is 43.5 Å². The standard InChI is InChI=1S/C19H19NO3/c1-2-23-19(22)18-15-12-14(21)9-11-16(15)20-17(18)10-8-13-6-4-3-5-7-13/h3-7,9,11-12,20-21H,2,8,10H2,1H3. The van der Waals surface area contributed by atoms with Crippen LogP contribution in [0.3, 0.4) is 0 Å². The van der Waals surface area contributed by atoms with E-state index in [0.29, 0.717) is 24.0 Å². The Hall–Kier alpha value is -2.75. The minimum absolute atomic E-state index is 0.136. The molecule has 2 aromatic carbocycles. The molecule has 3 aromatic rings. The Balaban J connectivity index is 1.97. The number of H-pyrrole nitrogens is 1. The number of hydrogen-bond acceptors (Lipinski definition) is 3. The van der Waals surface area contributed by atoms with Crippen LogP contribution >= 0.6 is 0 Å². The van der Waals surface area contributed by atoms with Crippen LogP contribution in [0.25, 0.3) is 10.9 Å². The molecule has 2 N–H and O–H groups in total. The van der Waals surface area contributed by atoms with Gasteiger partial charge in [0.1, 0.15) is 5.75 Å². The maximum Gasteiger partial charge on any atom is 0.340 e. The molecule has 3 rings (SSSR count). The second kappa shape index (κ2) is 6.57. The first kappa shape index (κ1) is 15.2. The van der Waals surface area contributed by atoms with E-state index in [1.807, 2.05) is 18.2 Å². The number of fused-ring (bicyclic) bond motifs is 1. The van der Waals surface area contributed by atoms with Crippen LogP contribution in [0.1, 0.15) is 28.5 Å². The van der Waals surface area contributed by atoms with Gasteiger partial charge in [0.25, 0.3) is 0 Å². The first-order valence-electron chi connectivity index (χ1n) is 7.73. The van der Waals surface area contributed by atoms with Crippen LogP contribution in [0.4, 0.5) is 0 Å². The first-order valence-corrected chi connectivity index (χ1v) is 7.73. The second-order valence-electron chi connectivity index (χ2n) is 5.41. The Bertz CT molecular complexity index is 821. The van der Waals surface area contributed by atoms with Crippen LogP contribution in [-0.2, 0) is 17.6 Å². The third kappa shape index (κ3) is 3.21. The fourth-order valence-corrected chi connectivity index (χ4v) is 2.77. The predicted molar refractivity (Wildman–Crippen MR) is 89.8 cm³/mol. The molecule has 0 saturated carbocycles. The van der Waals surface area contributed by atoms with Crippen molar-refractivity contribution in [3.8, 4) is 5.75 Å². The van der Waals surface area contributed by atoms with E-state index in [0.717, 1.165) is 17.6 Å². The molecule has 0 unspecified atom stereocenters. The van der Waals surface area contributed by atoms with Crippen LogP contribution in [-0.4, -0.2) is 22.7 Å². The number of aryl methyl sites for hydroxylation is 2. The fourth-order valence-electron chi connectivity index (χ4n) is 2.77. The average molecular weight is 309 g/mol. The molecule has 4 nitrogen and oxygen atoms in total. The van der Waals surface area contributed by atoms with E-state index in [1.165, 1.54) is 5.56 Å². The number of aromatic hydroxyl groups is 1. The molecule has 0 aliphatic rings. The van der Waals surface area contributed by atoms with E-state index in [4.69, 9.17) is 4.74 Å². The zero-order chi connectivity index (χ0) is 16.2. The van der Waals surface area contributed by atoms with Gasteiger partial charge in [-0.15, -0.1) is 0 Å². The van der Waals surface area contributed by atoms with E-state index in [-0.39, 0.29) is 11.7 Å². The summed E-state index contributed by atoms with van der Waals surface area (Å²) in [5.41, 5.74) is 3.40. The molecule has 0 bridgehead atoms. The first-order chi connectivity index (χ1) is 11.2. The molecule has 0 aliphatic heterocycles. The number of nitrogens with one attached hydrogen (secondary N) is 1. The molecule has 0 radical (unpaired) electrons. The topological polar surface area (TPSA) is 62.3 Å². The highest BCUT2D eigenvalue weighted by Crippen LogP contribution is 2.27. The molecule has 1 aromatic heterocycles. The SMILES string of the molecule is CCOC(=O)c1c(CCc2ccccc2)[nH]c2ccc(O)cc12. The molecule has 1 heterocycles. The maximum absolute atomic E-state index is 12.3. The summed E-state index contributed by atoms with van der Waals surface area (Å²) in [4.78, 5) is 15.6. The summed E-state index contributed by atoms with van der Waals surface area (Å²) in [7, 11) is 0. The van der Waals surface area contributed by atoms with E-state index in [9.17, 15) is 9.90 Å². The van der Waals surface area contributed by atoms with Gasteiger partial charge < -0.3 is 14.8 Å². The van der Waals surface area contributed by atoms with Crippen LogP contribution in [0.5, 0.6) is 5.75 Å². The molecule has 118 valence electrons. The third-order valence-corrected chi connectivity index (χ3v) is 3.85. The highest BCUT2D eigenvalue weighted by molar-refractivity contribution is 6.06. The van der Waals surface area contributed by atoms with Gasteiger partial charge in [0, 0.05) is 16.6 Å². The van der Waals surface area contributed by atoms with Crippen molar-refractivity contribution in [1.82, 2.24) is 4.98 Å². The van der Waals surface area contributed by atoms with Gasteiger partial charge in [0.15, 0.2) is 0 Å². The second-order valence-corrected chi connectivity index (χ2v) is 5.41. The number of hydrogen-bond donors (Lipinski definition) is 2. The Labute approximate surface area is 134 Å². The largest absolute Gasteiger partial charge is 0.508 e. The van der Waals surface area contributed by atoms with Gasteiger partial charge >= 0.3 is 5.97 Å². The van der Waals surface area contributed by atoms with Crippen molar-refractivity contribution in [1.29, 1.82) is 0 Å². The number of carbonyl (C=O) groups excluding carboxylic acids is 1. The molecule has 0 saturated heterocycles. The molecule has 23 heavy (non-hydrogen) atoms. The van der Waals surface area contributed by atoms with Crippen LogP contribution in [0.15, 0.2) is 48.5 Å². The molecule has 0 aliphatic carbocycles. The molecule has 0 spiro atoms. The van der Waals surface area contributed by atoms with Crippen molar-refractivity contribution < 1.29 is 14.6 Å². The number of carbonyl (C=O) groups is 1. The van der Waals surface area contributed by atoms with Gasteiger partial charge in [-0.25, -0.2) is 4.79 Å². The normalized spacial score (nSPS) is 10.8. The summed E-state index contributed by atoms with van der Waals surface area (Å²) in [6.45, 7) is 2.11. The van der Waals surface area contributed by atoms with Gasteiger partial charge in [-0.3, -0.25) is 0 Å². The van der Waals surface area contributed by atoms with Gasteiger partial charge in [0.2, 0.25) is 0 Å². The lowest BCUT2D eigenvalue weighted by Gasteiger charge is -2.05. The van der Waals surface area contributed by atoms with Crippen LogP contribution in [0.2, 0.25) is 0 Å². The van der Waals surface area contributed by atoms with E-state index >= 15 is 0 Å². The molecule has 0 amide bonds. The van der Waals surface area contributed by atoms with Gasteiger partial charge in [0.05, 0.1) is 12.2 Å². The van der Waals surface area contributed by atoms with Crippen molar-refractivity contribution >= 4 is 16.9 Å². The summed E-state index contributed by atoms with van der Waals surface area (Å²) < 4.78 is 5.19.